The Bertz CT molecular complexity index is 1520. The van der Waals surface area contributed by atoms with E-state index in [1.54, 1.807) is 13.0 Å². The first-order valence-corrected chi connectivity index (χ1v) is 16.9. The smallest absolute Gasteiger partial charge is 0.334 e. The van der Waals surface area contributed by atoms with Crippen molar-refractivity contribution in [2.45, 2.75) is 130 Å². The highest BCUT2D eigenvalue weighted by atomic mass is 16.6. The summed E-state index contributed by atoms with van der Waals surface area (Å²) in [6, 6.07) is 0. The van der Waals surface area contributed by atoms with E-state index < -0.39 is 40.7 Å². The third kappa shape index (κ3) is 4.02. The molecule has 11 atom stereocenters. The second-order valence-electron chi connectivity index (χ2n) is 16.6. The van der Waals surface area contributed by atoms with E-state index in [1.165, 1.54) is 13.0 Å². The fourth-order valence-corrected chi connectivity index (χ4v) is 11.8. The van der Waals surface area contributed by atoms with Crippen LogP contribution in [-0.2, 0) is 42.9 Å². The fourth-order valence-electron chi connectivity index (χ4n) is 11.8. The van der Waals surface area contributed by atoms with Crippen LogP contribution in [0.2, 0.25) is 0 Å². The zero-order chi connectivity index (χ0) is 33.4. The lowest BCUT2D eigenvalue weighted by Gasteiger charge is -2.66. The molecule has 5 fully saturated rings. The van der Waals surface area contributed by atoms with Crippen LogP contribution < -0.4 is 0 Å². The van der Waals surface area contributed by atoms with Gasteiger partial charge >= 0.3 is 23.9 Å². The highest BCUT2D eigenvalue weighted by Crippen LogP contribution is 2.90. The van der Waals surface area contributed by atoms with Crippen LogP contribution >= 0.6 is 0 Å². The second-order valence-corrected chi connectivity index (χ2v) is 16.6. The monoisotopic (exact) mass is 636 g/mol. The molecule has 3 aliphatic heterocycles. The molecular weight excluding hydrogens is 588 g/mol. The van der Waals surface area contributed by atoms with Gasteiger partial charge in [-0.3, -0.25) is 4.79 Å². The fraction of sp³-hybridized carbons (Fsp3) is 0.730. The molecule has 4 aliphatic carbocycles. The summed E-state index contributed by atoms with van der Waals surface area (Å²) < 4.78 is 30.6. The molecule has 0 bridgehead atoms. The zero-order valence-electron chi connectivity index (χ0n) is 28.6. The predicted molar refractivity (Wildman–Crippen MR) is 166 cm³/mol. The molecule has 0 aromatic heterocycles. The largest absolute Gasteiger partial charge is 0.462 e. The molecule has 0 aromatic rings. The van der Waals surface area contributed by atoms with Crippen molar-refractivity contribution in [1.82, 2.24) is 0 Å². The van der Waals surface area contributed by atoms with E-state index in [2.05, 4.69) is 13.8 Å². The number of allylic oxidation sites excluding steroid dienone is 2. The van der Waals surface area contributed by atoms with Crippen molar-refractivity contribution in [3.8, 4) is 0 Å². The number of hydrogen-bond donors (Lipinski definition) is 0. The average molecular weight is 637 g/mol. The molecule has 3 heterocycles. The summed E-state index contributed by atoms with van der Waals surface area (Å²) in [4.78, 5) is 52.9. The van der Waals surface area contributed by atoms with Gasteiger partial charge in [-0.05, 0) is 102 Å². The maximum atomic E-state index is 13.6. The molecule has 0 N–H and O–H groups in total. The van der Waals surface area contributed by atoms with E-state index >= 15 is 0 Å². The molecule has 0 amide bonds. The van der Waals surface area contributed by atoms with E-state index in [4.69, 9.17) is 23.7 Å². The van der Waals surface area contributed by atoms with Crippen LogP contribution in [0.5, 0.6) is 0 Å². The zero-order valence-corrected chi connectivity index (χ0v) is 28.6. The van der Waals surface area contributed by atoms with Gasteiger partial charge < -0.3 is 23.7 Å². The Balaban J connectivity index is 1.38. The lowest BCUT2D eigenvalue weighted by Crippen LogP contribution is -2.68. The molecule has 7 aliphatic rings. The lowest BCUT2D eigenvalue weighted by molar-refractivity contribution is -0.251. The number of carbonyl (C=O) groups excluding carboxylic acids is 4. The van der Waals surface area contributed by atoms with E-state index in [0.717, 1.165) is 19.3 Å². The Labute approximate surface area is 271 Å². The van der Waals surface area contributed by atoms with Gasteiger partial charge in [0.1, 0.15) is 23.9 Å². The molecule has 4 saturated carbocycles. The van der Waals surface area contributed by atoms with Crippen LogP contribution in [-0.4, -0.2) is 59.5 Å². The Kier molecular flexibility index (Phi) is 6.59. The van der Waals surface area contributed by atoms with Gasteiger partial charge in [0, 0.05) is 41.4 Å². The molecule has 11 unspecified atom stereocenters. The molecule has 9 nitrogen and oxygen atoms in total. The highest BCUT2D eigenvalue weighted by Gasteiger charge is 2.88. The first-order valence-electron chi connectivity index (χ1n) is 16.9. The van der Waals surface area contributed by atoms with Crippen LogP contribution in [0.4, 0.5) is 0 Å². The third-order valence-electron chi connectivity index (χ3n) is 13.8. The number of hydrogen-bond acceptors (Lipinski definition) is 9. The van der Waals surface area contributed by atoms with Gasteiger partial charge in [-0.15, -0.1) is 0 Å². The summed E-state index contributed by atoms with van der Waals surface area (Å²) in [5.74, 6) is -2.06. The van der Waals surface area contributed by atoms with E-state index in [0.29, 0.717) is 24.0 Å². The minimum atomic E-state index is -0.872. The normalized spacial score (nSPS) is 47.5. The highest BCUT2D eigenvalue weighted by molar-refractivity contribution is 5.92. The summed E-state index contributed by atoms with van der Waals surface area (Å²) in [5, 5.41) is 0. The molecule has 0 spiro atoms. The van der Waals surface area contributed by atoms with Gasteiger partial charge in [0.2, 0.25) is 0 Å². The number of rotatable bonds is 5. The number of esters is 4. The van der Waals surface area contributed by atoms with Crippen LogP contribution in [0.1, 0.15) is 94.4 Å². The first kappa shape index (κ1) is 31.6. The van der Waals surface area contributed by atoms with Gasteiger partial charge in [0.05, 0.1) is 5.60 Å². The maximum absolute atomic E-state index is 13.6. The SMILES string of the molecule is CC=C(C)C(=O)OC1CC23CC2(CCC3C2=CC(C3OC3(C)C)OC2=O)C2(C)C(OC(C)=O)CC3C(C)(C)OC(=O)C=CC3(C)C12. The number of carbonyl (C=O) groups is 4. The summed E-state index contributed by atoms with van der Waals surface area (Å²) in [5.41, 5.74) is -1.88. The van der Waals surface area contributed by atoms with Crippen molar-refractivity contribution >= 4 is 23.9 Å². The van der Waals surface area contributed by atoms with Crippen LogP contribution in [0.15, 0.2) is 35.5 Å². The molecular formula is C37H48O9. The van der Waals surface area contributed by atoms with E-state index in [1.807, 2.05) is 46.8 Å². The molecule has 0 aromatic carbocycles. The quantitative estimate of drug-likeness (QED) is 0.166. The van der Waals surface area contributed by atoms with Crippen LogP contribution in [0.25, 0.3) is 0 Å². The van der Waals surface area contributed by atoms with Crippen molar-refractivity contribution in [2.24, 2.45) is 39.4 Å². The minimum absolute atomic E-state index is 0.0804. The van der Waals surface area contributed by atoms with E-state index in [9.17, 15) is 19.2 Å². The van der Waals surface area contributed by atoms with Gasteiger partial charge in [0.15, 0.2) is 6.10 Å². The van der Waals surface area contributed by atoms with Gasteiger partial charge in [-0.2, -0.15) is 0 Å². The third-order valence-corrected chi connectivity index (χ3v) is 13.8. The Morgan fingerprint density at radius 2 is 1.72 bits per heavy atom. The van der Waals surface area contributed by atoms with Crippen molar-refractivity contribution in [3.63, 3.8) is 0 Å². The topological polar surface area (TPSA) is 118 Å². The number of epoxide rings is 1. The number of ether oxygens (including phenoxy) is 5. The Hall–Kier alpha value is -2.94. The summed E-state index contributed by atoms with van der Waals surface area (Å²) in [6.45, 7) is 17.2. The predicted octanol–water partition coefficient (Wildman–Crippen LogP) is 5.56. The summed E-state index contributed by atoms with van der Waals surface area (Å²) in [6.07, 6.45) is 9.09. The molecule has 250 valence electrons. The second kappa shape index (κ2) is 9.57. The van der Waals surface area contributed by atoms with Gasteiger partial charge in [0.25, 0.3) is 0 Å². The van der Waals surface area contributed by atoms with Crippen molar-refractivity contribution in [1.29, 1.82) is 0 Å². The first-order chi connectivity index (χ1) is 21.4. The van der Waals surface area contributed by atoms with Gasteiger partial charge in [-0.1, -0.05) is 26.0 Å². The van der Waals surface area contributed by atoms with Crippen LogP contribution in [0.3, 0.4) is 0 Å². The van der Waals surface area contributed by atoms with Crippen molar-refractivity contribution in [3.05, 3.63) is 35.5 Å². The van der Waals surface area contributed by atoms with Crippen molar-refractivity contribution < 1.29 is 42.9 Å². The molecule has 46 heavy (non-hydrogen) atoms. The lowest BCUT2D eigenvalue weighted by atomic mass is 9.40. The van der Waals surface area contributed by atoms with E-state index in [-0.39, 0.29) is 58.2 Å². The molecule has 0 radical (unpaired) electrons. The molecule has 9 heteroatoms. The standard InChI is InChI=1S/C37H48O9/c1-10-19(2)30(40)44-24-17-36-18-37(36,14-11-22(36)21-15-23(43-31(21)41)29-33(6,7)46-29)35(9)26(42-20(3)38)16-25-32(4,5)45-27(39)12-13-34(25,8)28(24)35/h10,12-13,15,22-26,28-29H,11,14,16-18H2,1-9H3. The minimum Gasteiger partial charge on any atom is -0.462 e. The average Bonchev–Trinajstić information content (AvgIpc) is 3.71. The molecule has 1 saturated heterocycles. The number of fused-ring (bicyclic) bond motifs is 3. The summed E-state index contributed by atoms with van der Waals surface area (Å²) >= 11 is 0. The molecule has 7 rings (SSSR count). The number of cyclic esters (lactones) is 2. The maximum Gasteiger partial charge on any atom is 0.334 e. The van der Waals surface area contributed by atoms with Crippen molar-refractivity contribution in [2.75, 3.05) is 0 Å². The van der Waals surface area contributed by atoms with Crippen LogP contribution in [0, 0.1) is 39.4 Å². The Morgan fingerprint density at radius 3 is 2.35 bits per heavy atom. The Morgan fingerprint density at radius 1 is 1.02 bits per heavy atom. The summed E-state index contributed by atoms with van der Waals surface area (Å²) in [7, 11) is 0. The van der Waals surface area contributed by atoms with Gasteiger partial charge in [-0.25, -0.2) is 14.4 Å².